The van der Waals surface area contributed by atoms with Crippen molar-refractivity contribution in [3.05, 3.63) is 5.82 Å². The van der Waals surface area contributed by atoms with Crippen molar-refractivity contribution < 1.29 is 5.11 Å². The van der Waals surface area contributed by atoms with Crippen molar-refractivity contribution in [3.8, 4) is 0 Å². The van der Waals surface area contributed by atoms with Crippen molar-refractivity contribution in [2.45, 2.75) is 31.5 Å². The van der Waals surface area contributed by atoms with Crippen molar-refractivity contribution in [1.29, 1.82) is 0 Å². The normalized spacial score (nSPS) is 12.0. The summed E-state index contributed by atoms with van der Waals surface area (Å²) < 4.78 is 1.41. The van der Waals surface area contributed by atoms with Crippen molar-refractivity contribution >= 4 is 11.8 Å². The summed E-state index contributed by atoms with van der Waals surface area (Å²) >= 11 is 1.39. The predicted octanol–water partition coefficient (Wildman–Crippen LogP) is 0.163. The summed E-state index contributed by atoms with van der Waals surface area (Å²) in [5.74, 6) is 6.83. The summed E-state index contributed by atoms with van der Waals surface area (Å²) in [6.07, 6.45) is 0. The number of rotatable bonds is 3. The fourth-order valence-electron chi connectivity index (χ4n) is 0.689. The van der Waals surface area contributed by atoms with E-state index in [1.807, 2.05) is 0 Å². The number of aryl methyl sites for hydroxylation is 1. The molecular weight excluding hydrogens is 188 g/mol. The number of thioether (sulfide) groups is 1. The minimum Gasteiger partial charge on any atom is -0.390 e. The van der Waals surface area contributed by atoms with Gasteiger partial charge in [0.05, 0.1) is 5.60 Å². The zero-order chi connectivity index (χ0) is 10.1. The lowest BCUT2D eigenvalue weighted by Crippen LogP contribution is -2.22. The number of hydrogen-bond donors (Lipinski definition) is 2. The van der Waals surface area contributed by atoms with Gasteiger partial charge in [-0.25, -0.2) is 4.68 Å². The smallest absolute Gasteiger partial charge is 0.209 e. The lowest BCUT2D eigenvalue weighted by Gasteiger charge is -2.15. The van der Waals surface area contributed by atoms with Crippen LogP contribution in [0.15, 0.2) is 5.16 Å². The van der Waals surface area contributed by atoms with Crippen LogP contribution in [0.1, 0.15) is 19.7 Å². The van der Waals surface area contributed by atoms with Gasteiger partial charge in [-0.15, -0.1) is 10.2 Å². The van der Waals surface area contributed by atoms with Crippen LogP contribution in [0.5, 0.6) is 0 Å². The van der Waals surface area contributed by atoms with Crippen LogP contribution in [0.4, 0.5) is 0 Å². The first-order chi connectivity index (χ1) is 5.90. The molecule has 0 saturated carbocycles. The van der Waals surface area contributed by atoms with Crippen molar-refractivity contribution in [1.82, 2.24) is 14.9 Å². The van der Waals surface area contributed by atoms with E-state index in [2.05, 4.69) is 10.2 Å². The lowest BCUT2D eigenvalue weighted by molar-refractivity contribution is 0.107. The molecule has 0 aliphatic heterocycles. The number of aliphatic hydroxyl groups is 1. The first-order valence-electron chi connectivity index (χ1n) is 3.92. The summed E-state index contributed by atoms with van der Waals surface area (Å²) in [7, 11) is 0. The third-order valence-electron chi connectivity index (χ3n) is 1.39. The van der Waals surface area contributed by atoms with Gasteiger partial charge in [0.15, 0.2) is 0 Å². The number of nitrogens with zero attached hydrogens (tertiary/aromatic N) is 3. The Kier molecular flexibility index (Phi) is 2.82. The van der Waals surface area contributed by atoms with E-state index in [1.165, 1.54) is 16.4 Å². The lowest BCUT2D eigenvalue weighted by atomic mass is 10.2. The molecule has 1 aromatic rings. The SMILES string of the molecule is Cc1nnc(SCC(C)(C)O)n1N. The van der Waals surface area contributed by atoms with E-state index in [0.717, 1.165) is 0 Å². The number of nitrogens with two attached hydrogens (primary N) is 1. The van der Waals surface area contributed by atoms with E-state index >= 15 is 0 Å². The highest BCUT2D eigenvalue weighted by atomic mass is 32.2. The zero-order valence-electron chi connectivity index (χ0n) is 7.98. The second-order valence-electron chi connectivity index (χ2n) is 3.50. The fourth-order valence-corrected chi connectivity index (χ4v) is 1.54. The Morgan fingerprint density at radius 2 is 2.15 bits per heavy atom. The second kappa shape index (κ2) is 3.55. The van der Waals surface area contributed by atoms with Crippen LogP contribution in [0.2, 0.25) is 0 Å². The molecule has 5 nitrogen and oxygen atoms in total. The monoisotopic (exact) mass is 202 g/mol. The Balaban J connectivity index is 2.60. The van der Waals surface area contributed by atoms with Gasteiger partial charge >= 0.3 is 0 Å². The Bertz CT molecular complexity index is 291. The molecule has 1 aromatic heterocycles. The molecule has 0 aliphatic rings. The standard InChI is InChI=1S/C7H14N4OS/c1-5-9-10-6(11(5)8)13-4-7(2,3)12/h12H,4,8H2,1-3H3. The van der Waals surface area contributed by atoms with Crippen LogP contribution >= 0.6 is 11.8 Å². The molecule has 0 fully saturated rings. The summed E-state index contributed by atoms with van der Waals surface area (Å²) in [6, 6.07) is 0. The molecule has 74 valence electrons. The average molecular weight is 202 g/mol. The van der Waals surface area contributed by atoms with E-state index in [0.29, 0.717) is 16.7 Å². The van der Waals surface area contributed by atoms with Crippen molar-refractivity contribution in [2.24, 2.45) is 0 Å². The molecule has 0 saturated heterocycles. The van der Waals surface area contributed by atoms with E-state index in [1.54, 1.807) is 20.8 Å². The van der Waals surface area contributed by atoms with Crippen LogP contribution in [0.3, 0.4) is 0 Å². The maximum Gasteiger partial charge on any atom is 0.209 e. The van der Waals surface area contributed by atoms with Gasteiger partial charge in [-0.1, -0.05) is 11.8 Å². The number of hydrogen-bond acceptors (Lipinski definition) is 5. The second-order valence-corrected chi connectivity index (χ2v) is 4.44. The summed E-state index contributed by atoms with van der Waals surface area (Å²) in [5.41, 5.74) is -0.718. The maximum absolute atomic E-state index is 9.46. The Morgan fingerprint density at radius 1 is 1.54 bits per heavy atom. The van der Waals surface area contributed by atoms with Gasteiger partial charge in [0.25, 0.3) is 0 Å². The molecule has 1 heterocycles. The molecule has 1 rings (SSSR count). The van der Waals surface area contributed by atoms with Crippen molar-refractivity contribution in [2.75, 3.05) is 11.6 Å². The third-order valence-corrected chi connectivity index (χ3v) is 2.78. The molecule has 0 atom stereocenters. The predicted molar refractivity (Wildman–Crippen MR) is 51.9 cm³/mol. The molecule has 13 heavy (non-hydrogen) atoms. The van der Waals surface area contributed by atoms with Crippen LogP contribution < -0.4 is 5.84 Å². The zero-order valence-corrected chi connectivity index (χ0v) is 8.80. The molecule has 0 aromatic carbocycles. The van der Waals surface area contributed by atoms with Gasteiger partial charge in [0, 0.05) is 5.75 Å². The first-order valence-corrected chi connectivity index (χ1v) is 4.91. The van der Waals surface area contributed by atoms with Gasteiger partial charge in [0.1, 0.15) is 5.82 Å². The minimum atomic E-state index is -0.718. The van der Waals surface area contributed by atoms with Crippen LogP contribution in [0, 0.1) is 6.92 Å². The Morgan fingerprint density at radius 3 is 2.54 bits per heavy atom. The fraction of sp³-hybridized carbons (Fsp3) is 0.714. The Labute approximate surface area is 81.3 Å². The molecule has 0 radical (unpaired) electrons. The molecule has 3 N–H and O–H groups in total. The van der Waals surface area contributed by atoms with Gasteiger partial charge in [-0.05, 0) is 20.8 Å². The quantitative estimate of drug-likeness (QED) is 0.539. The van der Waals surface area contributed by atoms with Crippen LogP contribution in [0.25, 0.3) is 0 Å². The average Bonchev–Trinajstić information content (AvgIpc) is 2.29. The van der Waals surface area contributed by atoms with Crippen LogP contribution in [-0.2, 0) is 0 Å². The highest BCUT2D eigenvalue weighted by molar-refractivity contribution is 7.99. The largest absolute Gasteiger partial charge is 0.390 e. The maximum atomic E-state index is 9.46. The topological polar surface area (TPSA) is 77.0 Å². The number of aromatic nitrogens is 3. The molecule has 0 spiro atoms. The first kappa shape index (κ1) is 10.3. The van der Waals surface area contributed by atoms with Gasteiger partial charge < -0.3 is 10.9 Å². The van der Waals surface area contributed by atoms with E-state index in [-0.39, 0.29) is 0 Å². The summed E-state index contributed by atoms with van der Waals surface area (Å²) in [6.45, 7) is 5.26. The van der Waals surface area contributed by atoms with Crippen molar-refractivity contribution in [3.63, 3.8) is 0 Å². The number of nitrogen functional groups attached to an aromatic ring is 1. The minimum absolute atomic E-state index is 0.544. The summed E-state index contributed by atoms with van der Waals surface area (Å²) in [5, 5.41) is 17.7. The molecule has 0 amide bonds. The Hall–Kier alpha value is -0.750. The molecular formula is C7H14N4OS. The highest BCUT2D eigenvalue weighted by Gasteiger charge is 2.15. The third kappa shape index (κ3) is 2.89. The summed E-state index contributed by atoms with van der Waals surface area (Å²) in [4.78, 5) is 0. The molecule has 6 heteroatoms. The van der Waals surface area contributed by atoms with E-state index < -0.39 is 5.60 Å². The van der Waals surface area contributed by atoms with Gasteiger partial charge in [-0.3, -0.25) is 0 Å². The van der Waals surface area contributed by atoms with Gasteiger partial charge in [0.2, 0.25) is 5.16 Å². The van der Waals surface area contributed by atoms with E-state index in [9.17, 15) is 5.11 Å². The van der Waals surface area contributed by atoms with Crippen LogP contribution in [-0.4, -0.2) is 31.3 Å². The van der Waals surface area contributed by atoms with E-state index in [4.69, 9.17) is 5.84 Å². The molecule has 0 unspecified atom stereocenters. The van der Waals surface area contributed by atoms with Gasteiger partial charge in [-0.2, -0.15) is 0 Å². The molecule has 0 bridgehead atoms. The highest BCUT2D eigenvalue weighted by Crippen LogP contribution is 2.19. The molecule has 0 aliphatic carbocycles.